The Bertz CT molecular complexity index is 778. The van der Waals surface area contributed by atoms with Crippen LogP contribution in [0.3, 0.4) is 0 Å². The zero-order valence-corrected chi connectivity index (χ0v) is 17.9. The fourth-order valence-electron chi connectivity index (χ4n) is 3.18. The number of carbonyl (C=O) groups excluding carboxylic acids is 1. The van der Waals surface area contributed by atoms with E-state index in [2.05, 4.69) is 0 Å². The van der Waals surface area contributed by atoms with E-state index in [0.717, 1.165) is 16.7 Å². The molecule has 2 aromatic rings. The lowest BCUT2D eigenvalue weighted by Crippen LogP contribution is -2.31. The Kier molecular flexibility index (Phi) is 8.43. The lowest BCUT2D eigenvalue weighted by molar-refractivity contribution is -0.143. The molecule has 0 spiro atoms. The minimum Gasteiger partial charge on any atom is -0.465 e. The van der Waals surface area contributed by atoms with Gasteiger partial charge in [-0.2, -0.15) is 0 Å². The molecule has 0 aliphatic carbocycles. The van der Waals surface area contributed by atoms with Crippen molar-refractivity contribution >= 4 is 13.6 Å². The molecule has 6 heteroatoms. The monoisotopic (exact) mass is 404 g/mol. The Hall–Kier alpha value is -1.94. The molecule has 0 N–H and O–H groups in total. The van der Waals surface area contributed by atoms with E-state index < -0.39 is 25.1 Å². The normalized spacial score (nSPS) is 13.7. The molecule has 0 aromatic heterocycles. The topological polar surface area (TPSA) is 61.8 Å². The van der Waals surface area contributed by atoms with Gasteiger partial charge < -0.3 is 13.8 Å². The molecule has 0 heterocycles. The SMILES string of the molecule is CCOC(=O)C(C(C)c1ccc(-c2ccccc2)cc1)P(=O)(OCC)OCC. The van der Waals surface area contributed by atoms with Crippen molar-refractivity contribution in [3.05, 3.63) is 60.2 Å². The average Bonchev–Trinajstić information content (AvgIpc) is 2.69. The lowest BCUT2D eigenvalue weighted by atomic mass is 9.95. The minimum atomic E-state index is -3.68. The largest absolute Gasteiger partial charge is 0.465 e. The average molecular weight is 404 g/mol. The second kappa shape index (κ2) is 10.6. The number of hydrogen-bond acceptors (Lipinski definition) is 5. The van der Waals surface area contributed by atoms with Crippen LogP contribution < -0.4 is 0 Å². The maximum Gasteiger partial charge on any atom is 0.345 e. The lowest BCUT2D eigenvalue weighted by Gasteiger charge is -2.29. The Morgan fingerprint density at radius 2 is 1.39 bits per heavy atom. The summed E-state index contributed by atoms with van der Waals surface area (Å²) in [6.07, 6.45) is 0. The van der Waals surface area contributed by atoms with Crippen LogP contribution in [0, 0.1) is 0 Å². The first-order valence-electron chi connectivity index (χ1n) is 9.67. The summed E-state index contributed by atoms with van der Waals surface area (Å²) in [5.74, 6) is -0.958. The van der Waals surface area contributed by atoms with Crippen molar-refractivity contribution in [3.8, 4) is 11.1 Å². The molecule has 28 heavy (non-hydrogen) atoms. The van der Waals surface area contributed by atoms with Crippen LogP contribution in [0.4, 0.5) is 0 Å². The van der Waals surface area contributed by atoms with Crippen molar-refractivity contribution in [2.24, 2.45) is 0 Å². The molecule has 2 aromatic carbocycles. The van der Waals surface area contributed by atoms with Crippen LogP contribution >= 0.6 is 7.60 Å². The second-order valence-corrected chi connectivity index (χ2v) is 8.50. The molecule has 0 aliphatic heterocycles. The number of hydrogen-bond donors (Lipinski definition) is 0. The van der Waals surface area contributed by atoms with Crippen LogP contribution in [0.5, 0.6) is 0 Å². The first-order chi connectivity index (χ1) is 13.5. The van der Waals surface area contributed by atoms with Gasteiger partial charge in [-0.15, -0.1) is 0 Å². The van der Waals surface area contributed by atoms with Gasteiger partial charge in [-0.25, -0.2) is 0 Å². The third-order valence-corrected chi connectivity index (χ3v) is 7.08. The zero-order valence-electron chi connectivity index (χ0n) is 17.0. The summed E-state index contributed by atoms with van der Waals surface area (Å²) >= 11 is 0. The predicted molar refractivity (Wildman–Crippen MR) is 112 cm³/mol. The van der Waals surface area contributed by atoms with Crippen LogP contribution in [0.15, 0.2) is 54.6 Å². The molecule has 2 atom stereocenters. The maximum absolute atomic E-state index is 13.4. The summed E-state index contributed by atoms with van der Waals surface area (Å²) in [5, 5.41) is 0. The third-order valence-electron chi connectivity index (χ3n) is 4.50. The number of carbonyl (C=O) groups is 1. The van der Waals surface area contributed by atoms with Crippen molar-refractivity contribution in [3.63, 3.8) is 0 Å². The summed E-state index contributed by atoms with van der Waals surface area (Å²) < 4.78 is 29.5. The van der Waals surface area contributed by atoms with Gasteiger partial charge in [0.1, 0.15) is 0 Å². The standard InChI is InChI=1S/C22H29O5P/c1-5-25-22(23)21(28(24,26-6-2)27-7-3)17(4)18-13-15-20(16-14-18)19-11-9-8-10-12-19/h8-17,21H,5-7H2,1-4H3. The number of benzene rings is 2. The molecular formula is C22H29O5P. The van der Waals surface area contributed by atoms with Gasteiger partial charge >= 0.3 is 13.6 Å². The molecule has 0 bridgehead atoms. The molecule has 2 unspecified atom stereocenters. The van der Waals surface area contributed by atoms with Crippen molar-refractivity contribution in [1.82, 2.24) is 0 Å². The first-order valence-corrected chi connectivity index (χ1v) is 11.3. The summed E-state index contributed by atoms with van der Waals surface area (Å²) in [4.78, 5) is 12.7. The van der Waals surface area contributed by atoms with Gasteiger partial charge in [0.05, 0.1) is 19.8 Å². The highest BCUT2D eigenvalue weighted by atomic mass is 31.2. The molecule has 0 radical (unpaired) electrons. The number of rotatable bonds is 10. The van der Waals surface area contributed by atoms with E-state index in [1.807, 2.05) is 61.5 Å². The predicted octanol–water partition coefficient (Wildman–Crippen LogP) is 5.65. The quantitative estimate of drug-likeness (QED) is 0.378. The van der Waals surface area contributed by atoms with Crippen molar-refractivity contribution in [2.75, 3.05) is 19.8 Å². The molecule has 0 aliphatic rings. The third kappa shape index (κ3) is 5.32. The molecule has 152 valence electrons. The molecule has 5 nitrogen and oxygen atoms in total. The van der Waals surface area contributed by atoms with Crippen LogP contribution in [0.25, 0.3) is 11.1 Å². The maximum atomic E-state index is 13.4. The van der Waals surface area contributed by atoms with Crippen molar-refractivity contribution in [1.29, 1.82) is 0 Å². The highest BCUT2D eigenvalue weighted by Crippen LogP contribution is 2.57. The molecule has 0 fully saturated rings. The van der Waals surface area contributed by atoms with E-state index in [-0.39, 0.29) is 19.8 Å². The Morgan fingerprint density at radius 3 is 1.89 bits per heavy atom. The Morgan fingerprint density at radius 1 is 0.857 bits per heavy atom. The smallest absolute Gasteiger partial charge is 0.345 e. The molecular weight excluding hydrogens is 375 g/mol. The van der Waals surface area contributed by atoms with Gasteiger partial charge in [0.2, 0.25) is 0 Å². The van der Waals surface area contributed by atoms with E-state index >= 15 is 0 Å². The summed E-state index contributed by atoms with van der Waals surface area (Å²) in [5.41, 5.74) is 2.03. The number of ether oxygens (including phenoxy) is 1. The summed E-state index contributed by atoms with van der Waals surface area (Å²) in [7, 11) is -3.68. The van der Waals surface area contributed by atoms with Crippen LogP contribution in [-0.4, -0.2) is 31.4 Å². The van der Waals surface area contributed by atoms with Gasteiger partial charge in [-0.1, -0.05) is 61.5 Å². The first kappa shape index (κ1) is 22.4. The van der Waals surface area contributed by atoms with Crippen molar-refractivity contribution < 1.29 is 23.1 Å². The molecule has 0 saturated heterocycles. The van der Waals surface area contributed by atoms with E-state index in [0.29, 0.717) is 0 Å². The van der Waals surface area contributed by atoms with Gasteiger partial charge in [0.25, 0.3) is 0 Å². The van der Waals surface area contributed by atoms with Gasteiger partial charge in [-0.3, -0.25) is 9.36 Å². The fourth-order valence-corrected chi connectivity index (χ4v) is 5.35. The molecule has 0 amide bonds. The van der Waals surface area contributed by atoms with Crippen LogP contribution in [0.2, 0.25) is 0 Å². The highest BCUT2D eigenvalue weighted by Gasteiger charge is 2.46. The van der Waals surface area contributed by atoms with Crippen LogP contribution in [-0.2, 0) is 23.1 Å². The Balaban J connectivity index is 2.37. The van der Waals surface area contributed by atoms with E-state index in [1.54, 1.807) is 20.8 Å². The van der Waals surface area contributed by atoms with Crippen molar-refractivity contribution in [2.45, 2.75) is 39.3 Å². The molecule has 2 rings (SSSR count). The van der Waals surface area contributed by atoms with E-state index in [9.17, 15) is 9.36 Å². The minimum absolute atomic E-state index is 0.187. The van der Waals surface area contributed by atoms with Crippen LogP contribution in [0.1, 0.15) is 39.2 Å². The van der Waals surface area contributed by atoms with E-state index in [4.69, 9.17) is 13.8 Å². The van der Waals surface area contributed by atoms with Gasteiger partial charge in [-0.05, 0) is 37.5 Å². The Labute approximate surface area is 167 Å². The zero-order chi connectivity index (χ0) is 20.6. The van der Waals surface area contributed by atoms with E-state index in [1.165, 1.54) is 0 Å². The fraction of sp³-hybridized carbons (Fsp3) is 0.409. The molecule has 0 saturated carbocycles. The summed E-state index contributed by atoms with van der Waals surface area (Å²) in [6, 6.07) is 17.9. The van der Waals surface area contributed by atoms with Gasteiger partial charge in [0.15, 0.2) is 5.66 Å². The van der Waals surface area contributed by atoms with Gasteiger partial charge in [0, 0.05) is 5.92 Å². The summed E-state index contributed by atoms with van der Waals surface area (Å²) in [6.45, 7) is 7.61. The number of esters is 1. The second-order valence-electron chi connectivity index (χ2n) is 6.35. The highest BCUT2D eigenvalue weighted by molar-refractivity contribution is 7.55.